The van der Waals surface area contributed by atoms with Crippen LogP contribution in [-0.4, -0.2) is 24.5 Å². The summed E-state index contributed by atoms with van der Waals surface area (Å²) in [6.07, 6.45) is 1.43. The smallest absolute Gasteiger partial charge is 0.358 e. The predicted molar refractivity (Wildman–Crippen MR) is 68.6 cm³/mol. The average molecular weight is 335 g/mol. The van der Waals surface area contributed by atoms with Crippen molar-refractivity contribution >= 4 is 33.3 Å². The highest BCUT2D eigenvalue weighted by Crippen LogP contribution is 2.24. The Kier molecular flexibility index (Phi) is 3.40. The van der Waals surface area contributed by atoms with Gasteiger partial charge in [-0.05, 0) is 27.8 Å². The van der Waals surface area contributed by atoms with Crippen LogP contribution in [0, 0.1) is 17.0 Å². The first kappa shape index (κ1) is 13.0. The number of nitro groups is 1. The third-order valence-electron chi connectivity index (χ3n) is 2.45. The lowest BCUT2D eigenvalue weighted by Crippen LogP contribution is -2.07. The molecule has 2 aromatic heterocycles. The van der Waals surface area contributed by atoms with Gasteiger partial charge in [-0.2, -0.15) is 9.78 Å². The molecule has 2 rings (SSSR count). The number of rotatable bonds is 3. The van der Waals surface area contributed by atoms with E-state index in [1.807, 2.05) is 6.92 Å². The Bertz CT molecular complexity index is 621. The first-order chi connectivity index (χ1) is 8.40. The van der Waals surface area contributed by atoms with Crippen LogP contribution in [0.15, 0.2) is 10.7 Å². The van der Waals surface area contributed by atoms with Gasteiger partial charge in [0.15, 0.2) is 5.02 Å². The lowest BCUT2D eigenvalue weighted by molar-refractivity contribution is -0.389. The molecule has 0 saturated heterocycles. The molecule has 0 bridgehead atoms. The van der Waals surface area contributed by atoms with E-state index in [1.165, 1.54) is 10.9 Å². The van der Waals surface area contributed by atoms with Crippen LogP contribution < -0.4 is 0 Å². The van der Waals surface area contributed by atoms with Crippen molar-refractivity contribution in [2.45, 2.75) is 13.5 Å². The maximum Gasteiger partial charge on any atom is 0.408 e. The molecule has 96 valence electrons. The molecule has 0 atom stereocenters. The molecule has 0 aromatic carbocycles. The fraction of sp³-hybridized carbons (Fsp3) is 0.333. The molecule has 0 unspecified atom stereocenters. The molecule has 0 aliphatic heterocycles. The molecule has 0 amide bonds. The Morgan fingerprint density at radius 2 is 2.22 bits per heavy atom. The first-order valence-corrected chi connectivity index (χ1v) is 6.12. The minimum absolute atomic E-state index is 0.0232. The maximum absolute atomic E-state index is 10.6. The van der Waals surface area contributed by atoms with Gasteiger partial charge >= 0.3 is 5.82 Å². The van der Waals surface area contributed by atoms with E-state index in [2.05, 4.69) is 26.1 Å². The average Bonchev–Trinajstić information content (AvgIpc) is 2.75. The summed E-state index contributed by atoms with van der Waals surface area (Å²) < 4.78 is 3.97. The number of halogens is 2. The van der Waals surface area contributed by atoms with Gasteiger partial charge in [-0.15, -0.1) is 0 Å². The van der Waals surface area contributed by atoms with Gasteiger partial charge in [0.2, 0.25) is 0 Å². The van der Waals surface area contributed by atoms with Gasteiger partial charge in [-0.3, -0.25) is 4.68 Å². The van der Waals surface area contributed by atoms with Crippen molar-refractivity contribution in [1.29, 1.82) is 0 Å². The van der Waals surface area contributed by atoms with E-state index in [0.29, 0.717) is 6.54 Å². The summed E-state index contributed by atoms with van der Waals surface area (Å²) >= 11 is 9.15. The summed E-state index contributed by atoms with van der Waals surface area (Å²) in [5.41, 5.74) is 1.71. The molecule has 0 aliphatic rings. The van der Waals surface area contributed by atoms with Crippen molar-refractivity contribution in [3.8, 4) is 0 Å². The van der Waals surface area contributed by atoms with Crippen LogP contribution in [0.4, 0.5) is 5.82 Å². The van der Waals surface area contributed by atoms with E-state index in [0.717, 1.165) is 15.9 Å². The van der Waals surface area contributed by atoms with Crippen LogP contribution in [0.2, 0.25) is 5.02 Å². The van der Waals surface area contributed by atoms with Crippen LogP contribution in [0.3, 0.4) is 0 Å². The Balaban J connectivity index is 2.34. The van der Waals surface area contributed by atoms with E-state index in [4.69, 9.17) is 11.6 Å². The molecular weight excluding hydrogens is 325 g/mol. The molecule has 0 aliphatic carbocycles. The summed E-state index contributed by atoms with van der Waals surface area (Å²) in [5, 5.41) is 18.7. The predicted octanol–water partition coefficient (Wildman–Crippen LogP) is 2.30. The zero-order chi connectivity index (χ0) is 13.4. The van der Waals surface area contributed by atoms with Crippen LogP contribution in [-0.2, 0) is 13.6 Å². The van der Waals surface area contributed by atoms with Crippen LogP contribution in [0.25, 0.3) is 0 Å². The Morgan fingerprint density at radius 1 is 1.56 bits per heavy atom. The second-order valence-electron chi connectivity index (χ2n) is 3.73. The zero-order valence-corrected chi connectivity index (χ0v) is 11.9. The monoisotopic (exact) mass is 333 g/mol. The Hall–Kier alpha value is -1.41. The third-order valence-corrected chi connectivity index (χ3v) is 3.74. The molecule has 0 spiro atoms. The van der Waals surface area contributed by atoms with Gasteiger partial charge in [0.05, 0.1) is 27.2 Å². The minimum Gasteiger partial charge on any atom is -0.358 e. The summed E-state index contributed by atoms with van der Waals surface area (Å²) in [6, 6.07) is 0. The van der Waals surface area contributed by atoms with Crippen molar-refractivity contribution in [3.63, 3.8) is 0 Å². The molecule has 7 nitrogen and oxygen atoms in total. The molecule has 0 radical (unpaired) electrons. The van der Waals surface area contributed by atoms with E-state index in [-0.39, 0.29) is 10.8 Å². The fourth-order valence-corrected chi connectivity index (χ4v) is 2.28. The van der Waals surface area contributed by atoms with Crippen molar-refractivity contribution in [2.75, 3.05) is 0 Å². The van der Waals surface area contributed by atoms with E-state index in [1.54, 1.807) is 11.7 Å². The summed E-state index contributed by atoms with van der Waals surface area (Å²) in [5.74, 6) is -0.341. The molecule has 0 fully saturated rings. The van der Waals surface area contributed by atoms with Gasteiger partial charge in [0.1, 0.15) is 6.54 Å². The quantitative estimate of drug-likeness (QED) is 0.637. The minimum atomic E-state index is -0.609. The molecule has 0 saturated carbocycles. The normalized spacial score (nSPS) is 10.9. The van der Waals surface area contributed by atoms with Crippen molar-refractivity contribution < 1.29 is 4.92 Å². The van der Waals surface area contributed by atoms with E-state index in [9.17, 15) is 10.1 Å². The Morgan fingerprint density at radius 3 is 2.67 bits per heavy atom. The summed E-state index contributed by atoms with van der Waals surface area (Å²) in [7, 11) is 1.80. The highest BCUT2D eigenvalue weighted by Gasteiger charge is 2.21. The van der Waals surface area contributed by atoms with Gasteiger partial charge in [-0.1, -0.05) is 11.6 Å². The molecule has 18 heavy (non-hydrogen) atoms. The molecule has 2 aromatic rings. The summed E-state index contributed by atoms with van der Waals surface area (Å²) in [4.78, 5) is 10.0. The van der Waals surface area contributed by atoms with Crippen molar-refractivity contribution in [2.24, 2.45) is 7.05 Å². The van der Waals surface area contributed by atoms with Gasteiger partial charge in [0, 0.05) is 7.05 Å². The molecule has 2 heterocycles. The van der Waals surface area contributed by atoms with Crippen molar-refractivity contribution in [1.82, 2.24) is 19.6 Å². The molecule has 9 heteroatoms. The topological polar surface area (TPSA) is 78.8 Å². The largest absolute Gasteiger partial charge is 0.408 e. The standard InChI is InChI=1S/C9H9BrClN5O2/c1-5-8(10)7(14(2)12-5)4-15-3-6(11)9(13-15)16(17)18/h3H,4H2,1-2H3. The lowest BCUT2D eigenvalue weighted by Gasteiger charge is -1.99. The lowest BCUT2D eigenvalue weighted by atomic mass is 10.3. The highest BCUT2D eigenvalue weighted by atomic mass is 79.9. The zero-order valence-electron chi connectivity index (χ0n) is 9.59. The van der Waals surface area contributed by atoms with Gasteiger partial charge in [-0.25, -0.2) is 0 Å². The van der Waals surface area contributed by atoms with Crippen molar-refractivity contribution in [3.05, 3.63) is 37.2 Å². The highest BCUT2D eigenvalue weighted by molar-refractivity contribution is 9.10. The summed E-state index contributed by atoms with van der Waals surface area (Å²) in [6.45, 7) is 2.22. The fourth-order valence-electron chi connectivity index (χ4n) is 1.60. The number of hydrogen-bond acceptors (Lipinski definition) is 4. The van der Waals surface area contributed by atoms with E-state index < -0.39 is 4.92 Å². The number of aromatic nitrogens is 4. The number of nitrogens with zero attached hydrogens (tertiary/aromatic N) is 5. The van der Waals surface area contributed by atoms with E-state index >= 15 is 0 Å². The maximum atomic E-state index is 10.6. The number of aryl methyl sites for hydroxylation is 2. The van der Waals surface area contributed by atoms with Gasteiger partial charge in [0.25, 0.3) is 0 Å². The van der Waals surface area contributed by atoms with Crippen LogP contribution in [0.1, 0.15) is 11.4 Å². The van der Waals surface area contributed by atoms with Crippen LogP contribution >= 0.6 is 27.5 Å². The third kappa shape index (κ3) is 2.25. The van der Waals surface area contributed by atoms with Crippen LogP contribution in [0.5, 0.6) is 0 Å². The Labute approximate surface area is 116 Å². The molecular formula is C9H9BrClN5O2. The SMILES string of the molecule is Cc1nn(C)c(Cn2cc(Cl)c([N+](=O)[O-])n2)c1Br. The number of hydrogen-bond donors (Lipinski definition) is 0. The second-order valence-corrected chi connectivity index (χ2v) is 4.93. The van der Waals surface area contributed by atoms with Gasteiger partial charge < -0.3 is 10.1 Å². The first-order valence-electron chi connectivity index (χ1n) is 4.95. The molecule has 0 N–H and O–H groups in total. The second kappa shape index (κ2) is 4.69.